The summed E-state index contributed by atoms with van der Waals surface area (Å²) in [6.45, 7) is -1.63. The molecule has 0 aliphatic carbocycles. The van der Waals surface area contributed by atoms with Gasteiger partial charge in [0.1, 0.15) is 35.1 Å². The van der Waals surface area contributed by atoms with Crippen LogP contribution in [0.1, 0.15) is 16.1 Å². The quantitative estimate of drug-likeness (QED) is 0.630. The molecule has 0 saturated carbocycles. The second-order valence-electron chi connectivity index (χ2n) is 7.69. The fourth-order valence-corrected chi connectivity index (χ4v) is 5.98. The number of benzene rings is 1. The number of hydrogen-bond acceptors (Lipinski definition) is 8. The fourth-order valence-electron chi connectivity index (χ4n) is 4.06. The van der Waals surface area contributed by atoms with Crippen LogP contribution in [0, 0.1) is 11.6 Å². The number of nitrogens with two attached hydrogens (primary N) is 1. The number of anilines is 1. The lowest BCUT2D eigenvalue weighted by Gasteiger charge is -2.39. The zero-order valence-corrected chi connectivity index (χ0v) is 18.8. The molecule has 10 nitrogen and oxygen atoms in total. The number of hydrogen-bond donors (Lipinski definition) is 2. The van der Waals surface area contributed by atoms with Crippen LogP contribution in [-0.2, 0) is 20.3 Å². The minimum Gasteiger partial charge on any atom is -0.495 e. The maximum Gasteiger partial charge on any atom is 0.277 e. The molecule has 0 bridgehead atoms. The Morgan fingerprint density at radius 1 is 1.35 bits per heavy atom. The first-order chi connectivity index (χ1) is 16.0. The summed E-state index contributed by atoms with van der Waals surface area (Å²) in [4.78, 5) is 20.5. The van der Waals surface area contributed by atoms with Crippen molar-refractivity contribution in [2.75, 3.05) is 32.8 Å². The summed E-state index contributed by atoms with van der Waals surface area (Å²) < 4.78 is 79.9. The highest BCUT2D eigenvalue weighted by atomic mass is 32.2. The molecular formula is C20H20F3N5O5S. The van der Waals surface area contributed by atoms with Gasteiger partial charge >= 0.3 is 0 Å². The van der Waals surface area contributed by atoms with E-state index in [0.29, 0.717) is 4.31 Å². The van der Waals surface area contributed by atoms with Gasteiger partial charge in [-0.25, -0.2) is 35.9 Å². The summed E-state index contributed by atoms with van der Waals surface area (Å²) >= 11 is 0. The number of pyridine rings is 1. The smallest absolute Gasteiger partial charge is 0.277 e. The number of fused-ring (bicyclic) bond motifs is 1. The largest absolute Gasteiger partial charge is 0.495 e. The first-order valence-corrected chi connectivity index (χ1v) is 11.4. The third-order valence-electron chi connectivity index (χ3n) is 5.77. The topological polar surface area (TPSA) is 136 Å². The number of amides is 1. The standard InChI is InChI=1S/C20H20F3N5O5S/c1-28-19(24)27-20(9-33-15(7-21)17(20)34(28,30)31)12-5-10(3-4-13(12)22)26-18(29)16-14(23)6-11(32-2)8-25-16/h3-6,8,15,17H,7,9H2,1-2H3,(H2,24,27)(H,26,29)/t15-,17+,20+/m0/s1. The number of methoxy groups -OCH3 is 1. The van der Waals surface area contributed by atoms with Crippen molar-refractivity contribution in [2.24, 2.45) is 10.7 Å². The number of carbonyl (C=O) groups excluding carboxylic acids is 1. The van der Waals surface area contributed by atoms with E-state index in [-0.39, 0.29) is 17.0 Å². The van der Waals surface area contributed by atoms with E-state index in [4.69, 9.17) is 15.2 Å². The van der Waals surface area contributed by atoms with Gasteiger partial charge in [-0.1, -0.05) is 0 Å². The Hall–Kier alpha value is -3.39. The molecule has 3 heterocycles. The Balaban J connectivity index is 1.77. The first kappa shape index (κ1) is 23.8. The van der Waals surface area contributed by atoms with E-state index >= 15 is 4.39 Å². The lowest BCUT2D eigenvalue weighted by molar-refractivity contribution is 0.0847. The average Bonchev–Trinajstić information content (AvgIpc) is 3.19. The highest BCUT2D eigenvalue weighted by Gasteiger charge is 2.62. The van der Waals surface area contributed by atoms with E-state index in [1.807, 2.05) is 0 Å². The van der Waals surface area contributed by atoms with E-state index in [0.717, 1.165) is 31.4 Å². The lowest BCUT2D eigenvalue weighted by atomic mass is 9.86. The molecule has 2 aliphatic heterocycles. The average molecular weight is 499 g/mol. The molecule has 3 atom stereocenters. The predicted octanol–water partition coefficient (Wildman–Crippen LogP) is 1.14. The molecule has 0 radical (unpaired) electrons. The van der Waals surface area contributed by atoms with Gasteiger partial charge < -0.3 is 20.5 Å². The molecule has 2 aliphatic rings. The number of nitrogens with zero attached hydrogens (tertiary/aromatic N) is 3. The van der Waals surface area contributed by atoms with Crippen LogP contribution in [0.25, 0.3) is 0 Å². The van der Waals surface area contributed by atoms with Crippen LogP contribution in [0.5, 0.6) is 5.75 Å². The van der Waals surface area contributed by atoms with Crippen molar-refractivity contribution in [1.82, 2.24) is 9.29 Å². The van der Waals surface area contributed by atoms with Crippen molar-refractivity contribution in [3.63, 3.8) is 0 Å². The number of aromatic nitrogens is 1. The predicted molar refractivity (Wildman–Crippen MR) is 115 cm³/mol. The van der Waals surface area contributed by atoms with Crippen molar-refractivity contribution in [3.8, 4) is 5.75 Å². The highest BCUT2D eigenvalue weighted by Crippen LogP contribution is 2.46. The second-order valence-corrected chi connectivity index (χ2v) is 9.77. The number of alkyl halides is 1. The number of halogens is 3. The van der Waals surface area contributed by atoms with Gasteiger partial charge in [0.25, 0.3) is 5.91 Å². The molecule has 1 aromatic heterocycles. The second kappa shape index (κ2) is 8.43. The number of sulfonamides is 1. The summed E-state index contributed by atoms with van der Waals surface area (Å²) in [5, 5.41) is 0.774. The summed E-state index contributed by atoms with van der Waals surface area (Å²) in [6, 6.07) is 4.25. The van der Waals surface area contributed by atoms with Gasteiger partial charge in [-0.3, -0.25) is 4.79 Å². The number of nitrogens with one attached hydrogen (secondary N) is 1. The third-order valence-corrected chi connectivity index (χ3v) is 8.06. The molecule has 14 heteroatoms. The van der Waals surface area contributed by atoms with Crippen molar-refractivity contribution in [2.45, 2.75) is 16.9 Å². The lowest BCUT2D eigenvalue weighted by Crippen LogP contribution is -2.59. The Labute approximate surface area is 192 Å². The van der Waals surface area contributed by atoms with Crippen molar-refractivity contribution >= 4 is 27.6 Å². The van der Waals surface area contributed by atoms with Crippen LogP contribution in [0.3, 0.4) is 0 Å². The molecule has 2 aromatic rings. The molecule has 0 spiro atoms. The molecule has 1 aromatic carbocycles. The van der Waals surface area contributed by atoms with Crippen molar-refractivity contribution in [1.29, 1.82) is 0 Å². The minimum absolute atomic E-state index is 0.0136. The van der Waals surface area contributed by atoms with Crippen molar-refractivity contribution in [3.05, 3.63) is 53.4 Å². The van der Waals surface area contributed by atoms with Gasteiger partial charge in [0, 0.05) is 24.4 Å². The summed E-state index contributed by atoms with van der Waals surface area (Å²) in [5.41, 5.74) is 3.05. The van der Waals surface area contributed by atoms with Gasteiger partial charge in [0.15, 0.2) is 11.5 Å². The number of aliphatic imine (C=N–C) groups is 1. The van der Waals surface area contributed by atoms with E-state index in [1.165, 1.54) is 13.2 Å². The van der Waals surface area contributed by atoms with Crippen LogP contribution < -0.4 is 15.8 Å². The number of guanidine groups is 1. The molecule has 182 valence electrons. The molecule has 1 fully saturated rings. The number of carbonyl (C=O) groups is 1. The van der Waals surface area contributed by atoms with Crippen LogP contribution in [-0.4, -0.2) is 68.4 Å². The van der Waals surface area contributed by atoms with Gasteiger partial charge in [-0.05, 0) is 18.2 Å². The number of rotatable bonds is 5. The SMILES string of the molecule is COc1cnc(C(=O)Nc2ccc(F)c([C@]34CO[C@@H](CF)[C@H]3S(=O)(=O)N(C)C(N)=N4)c2)c(F)c1. The molecular weight excluding hydrogens is 479 g/mol. The first-order valence-electron chi connectivity index (χ1n) is 9.86. The molecule has 34 heavy (non-hydrogen) atoms. The molecule has 0 unspecified atom stereocenters. The normalized spacial score (nSPS) is 25.4. The van der Waals surface area contributed by atoms with E-state index in [2.05, 4.69) is 15.3 Å². The van der Waals surface area contributed by atoms with E-state index < -0.39 is 69.4 Å². The zero-order valence-electron chi connectivity index (χ0n) is 18.0. The zero-order chi connectivity index (χ0) is 24.8. The van der Waals surface area contributed by atoms with Crippen LogP contribution >= 0.6 is 0 Å². The monoisotopic (exact) mass is 499 g/mol. The van der Waals surface area contributed by atoms with Crippen LogP contribution in [0.15, 0.2) is 35.5 Å². The van der Waals surface area contributed by atoms with E-state index in [9.17, 15) is 22.0 Å². The van der Waals surface area contributed by atoms with Gasteiger partial charge in [0.05, 0.1) is 19.9 Å². The summed E-state index contributed by atoms with van der Waals surface area (Å²) in [6.07, 6.45) is -0.273. The number of ether oxygens (including phenoxy) is 2. The summed E-state index contributed by atoms with van der Waals surface area (Å²) in [5.74, 6) is -3.11. The maximum absolute atomic E-state index is 15.0. The summed E-state index contributed by atoms with van der Waals surface area (Å²) in [7, 11) is -1.82. The van der Waals surface area contributed by atoms with Gasteiger partial charge in [-0.15, -0.1) is 0 Å². The fraction of sp³-hybridized carbons (Fsp3) is 0.350. The molecule has 1 amide bonds. The van der Waals surface area contributed by atoms with Crippen molar-refractivity contribution < 1.29 is 35.9 Å². The molecule has 3 N–H and O–H groups in total. The minimum atomic E-state index is -4.28. The van der Waals surface area contributed by atoms with Gasteiger partial charge in [-0.2, -0.15) is 0 Å². The molecule has 1 saturated heterocycles. The van der Waals surface area contributed by atoms with Crippen LogP contribution in [0.4, 0.5) is 18.9 Å². The Morgan fingerprint density at radius 2 is 2.09 bits per heavy atom. The Morgan fingerprint density at radius 3 is 2.74 bits per heavy atom. The molecule has 4 rings (SSSR count). The maximum atomic E-state index is 15.0. The van der Waals surface area contributed by atoms with Gasteiger partial charge in [0.2, 0.25) is 16.0 Å². The van der Waals surface area contributed by atoms with Crippen LogP contribution in [0.2, 0.25) is 0 Å². The Bertz CT molecular complexity index is 1290. The third kappa shape index (κ3) is 3.62. The van der Waals surface area contributed by atoms with E-state index in [1.54, 1.807) is 0 Å². The highest BCUT2D eigenvalue weighted by molar-refractivity contribution is 7.90. The Kier molecular flexibility index (Phi) is 5.89.